The van der Waals surface area contributed by atoms with Gasteiger partial charge in [-0.3, -0.25) is 0 Å². The summed E-state index contributed by atoms with van der Waals surface area (Å²) in [5.74, 6) is -1.20. The summed E-state index contributed by atoms with van der Waals surface area (Å²) in [7, 11) is 0. The number of aliphatic hydroxyl groups is 1. The fourth-order valence-corrected chi connectivity index (χ4v) is 1.18. The fourth-order valence-electron chi connectivity index (χ4n) is 1.18. The van der Waals surface area contributed by atoms with Gasteiger partial charge in [-0.1, -0.05) is 12.1 Å². The van der Waals surface area contributed by atoms with E-state index in [2.05, 4.69) is 0 Å². The Bertz CT molecular complexity index is 343. The Kier molecular flexibility index (Phi) is 3.31. The van der Waals surface area contributed by atoms with Gasteiger partial charge in [-0.05, 0) is 37.5 Å². The van der Waals surface area contributed by atoms with Gasteiger partial charge in [-0.25, -0.2) is 4.79 Å². The van der Waals surface area contributed by atoms with Crippen molar-refractivity contribution < 1.29 is 15.0 Å². The van der Waals surface area contributed by atoms with Gasteiger partial charge in [0.25, 0.3) is 0 Å². The SMILES string of the molecule is CC(O)(CCc1ccc(N)cc1)C(=O)O. The molecule has 15 heavy (non-hydrogen) atoms. The van der Waals surface area contributed by atoms with Crippen LogP contribution in [0.2, 0.25) is 0 Å². The molecule has 0 aromatic heterocycles. The quantitative estimate of drug-likeness (QED) is 0.647. The molecule has 0 fully saturated rings. The molecule has 0 aliphatic heterocycles. The van der Waals surface area contributed by atoms with Crippen LogP contribution in [0.25, 0.3) is 0 Å². The maximum Gasteiger partial charge on any atom is 0.335 e. The van der Waals surface area contributed by atoms with E-state index in [0.717, 1.165) is 5.56 Å². The van der Waals surface area contributed by atoms with Crippen LogP contribution in [0.3, 0.4) is 0 Å². The number of rotatable bonds is 4. The second kappa shape index (κ2) is 4.31. The molecule has 4 nitrogen and oxygen atoms in total. The Morgan fingerprint density at radius 1 is 1.40 bits per heavy atom. The molecule has 0 spiro atoms. The van der Waals surface area contributed by atoms with E-state index >= 15 is 0 Å². The van der Waals surface area contributed by atoms with E-state index in [9.17, 15) is 9.90 Å². The van der Waals surface area contributed by atoms with Gasteiger partial charge in [0.15, 0.2) is 5.60 Å². The molecule has 1 aromatic rings. The minimum atomic E-state index is -1.67. The Hall–Kier alpha value is -1.55. The third-order valence-electron chi connectivity index (χ3n) is 2.34. The summed E-state index contributed by atoms with van der Waals surface area (Å²) in [6.45, 7) is 1.30. The number of aliphatic carboxylic acids is 1. The predicted octanol–water partition coefficient (Wildman–Crippen LogP) is 1.04. The number of carboxylic acids is 1. The number of benzene rings is 1. The lowest BCUT2D eigenvalue weighted by Crippen LogP contribution is -2.35. The fraction of sp³-hybridized carbons (Fsp3) is 0.364. The van der Waals surface area contributed by atoms with Gasteiger partial charge in [-0.15, -0.1) is 0 Å². The molecule has 4 heteroatoms. The van der Waals surface area contributed by atoms with Crippen molar-refractivity contribution in [3.05, 3.63) is 29.8 Å². The molecular weight excluding hydrogens is 194 g/mol. The lowest BCUT2D eigenvalue weighted by Gasteiger charge is -2.17. The third kappa shape index (κ3) is 3.25. The molecule has 0 amide bonds. The van der Waals surface area contributed by atoms with Crippen molar-refractivity contribution in [1.29, 1.82) is 0 Å². The van der Waals surface area contributed by atoms with Crippen molar-refractivity contribution in [1.82, 2.24) is 0 Å². The van der Waals surface area contributed by atoms with Crippen molar-refractivity contribution in [2.24, 2.45) is 0 Å². The summed E-state index contributed by atoms with van der Waals surface area (Å²) in [4.78, 5) is 10.6. The molecule has 1 aromatic carbocycles. The van der Waals surface area contributed by atoms with Crippen molar-refractivity contribution in [3.8, 4) is 0 Å². The number of hydrogen-bond acceptors (Lipinski definition) is 3. The van der Waals surface area contributed by atoms with Gasteiger partial charge in [0.2, 0.25) is 0 Å². The highest BCUT2D eigenvalue weighted by atomic mass is 16.4. The smallest absolute Gasteiger partial charge is 0.335 e. The molecule has 1 rings (SSSR count). The normalized spacial score (nSPS) is 14.5. The zero-order valence-electron chi connectivity index (χ0n) is 8.60. The first-order valence-corrected chi connectivity index (χ1v) is 4.72. The van der Waals surface area contributed by atoms with Crippen LogP contribution in [0, 0.1) is 0 Å². The Labute approximate surface area is 88.3 Å². The lowest BCUT2D eigenvalue weighted by atomic mass is 9.97. The van der Waals surface area contributed by atoms with Gasteiger partial charge in [0, 0.05) is 5.69 Å². The third-order valence-corrected chi connectivity index (χ3v) is 2.34. The summed E-state index contributed by atoms with van der Waals surface area (Å²) in [5, 5.41) is 18.2. The zero-order valence-corrected chi connectivity index (χ0v) is 8.60. The molecule has 0 heterocycles. The van der Waals surface area contributed by atoms with Crippen LogP contribution in [0.5, 0.6) is 0 Å². The molecule has 0 aliphatic carbocycles. The Morgan fingerprint density at radius 3 is 2.40 bits per heavy atom. The Balaban J connectivity index is 2.57. The summed E-state index contributed by atoms with van der Waals surface area (Å²) in [6.07, 6.45) is 0.700. The molecule has 82 valence electrons. The van der Waals surface area contributed by atoms with Crippen molar-refractivity contribution in [2.75, 3.05) is 5.73 Å². The van der Waals surface area contributed by atoms with E-state index in [1.807, 2.05) is 12.1 Å². The molecule has 4 N–H and O–H groups in total. The number of aryl methyl sites for hydroxylation is 1. The minimum absolute atomic E-state index is 0.187. The Morgan fingerprint density at radius 2 is 1.93 bits per heavy atom. The van der Waals surface area contributed by atoms with Crippen molar-refractivity contribution in [3.63, 3.8) is 0 Å². The topological polar surface area (TPSA) is 83.5 Å². The second-order valence-electron chi connectivity index (χ2n) is 3.82. The summed E-state index contributed by atoms with van der Waals surface area (Å²) < 4.78 is 0. The second-order valence-corrected chi connectivity index (χ2v) is 3.82. The van der Waals surface area contributed by atoms with E-state index in [1.165, 1.54) is 6.92 Å². The van der Waals surface area contributed by atoms with E-state index in [4.69, 9.17) is 10.8 Å². The first-order valence-electron chi connectivity index (χ1n) is 4.72. The minimum Gasteiger partial charge on any atom is -0.479 e. The van der Waals surface area contributed by atoms with Crippen LogP contribution < -0.4 is 5.73 Å². The number of carboxylic acid groups (broad SMARTS) is 1. The largest absolute Gasteiger partial charge is 0.479 e. The molecule has 0 saturated carbocycles. The average Bonchev–Trinajstić information content (AvgIpc) is 2.17. The van der Waals surface area contributed by atoms with Gasteiger partial charge in [0.1, 0.15) is 0 Å². The average molecular weight is 209 g/mol. The van der Waals surface area contributed by atoms with E-state index in [0.29, 0.717) is 12.1 Å². The highest BCUT2D eigenvalue weighted by Gasteiger charge is 2.28. The number of hydrogen-bond donors (Lipinski definition) is 3. The number of carbonyl (C=O) groups is 1. The molecule has 0 saturated heterocycles. The molecule has 0 aliphatic rings. The van der Waals surface area contributed by atoms with E-state index in [1.54, 1.807) is 12.1 Å². The number of nitrogens with two attached hydrogens (primary N) is 1. The number of nitrogen functional groups attached to an aromatic ring is 1. The van der Waals surface area contributed by atoms with Crippen molar-refractivity contribution >= 4 is 11.7 Å². The molecule has 0 bridgehead atoms. The van der Waals surface area contributed by atoms with Gasteiger partial charge >= 0.3 is 5.97 Å². The first-order chi connectivity index (χ1) is 6.92. The standard InChI is InChI=1S/C11H15NO3/c1-11(15,10(13)14)7-6-8-2-4-9(12)5-3-8/h2-5,15H,6-7,12H2,1H3,(H,13,14). The van der Waals surface area contributed by atoms with Gasteiger partial charge in [0.05, 0.1) is 0 Å². The van der Waals surface area contributed by atoms with Gasteiger partial charge in [-0.2, -0.15) is 0 Å². The van der Waals surface area contributed by atoms with Crippen LogP contribution >= 0.6 is 0 Å². The van der Waals surface area contributed by atoms with Crippen molar-refractivity contribution in [2.45, 2.75) is 25.4 Å². The highest BCUT2D eigenvalue weighted by molar-refractivity contribution is 5.76. The van der Waals surface area contributed by atoms with E-state index < -0.39 is 11.6 Å². The van der Waals surface area contributed by atoms with Crippen LogP contribution in [0.4, 0.5) is 5.69 Å². The summed E-state index contributed by atoms with van der Waals surface area (Å²) >= 11 is 0. The maximum atomic E-state index is 10.6. The monoisotopic (exact) mass is 209 g/mol. The maximum absolute atomic E-state index is 10.6. The molecule has 1 unspecified atom stereocenters. The molecule has 0 radical (unpaired) electrons. The molecular formula is C11H15NO3. The first kappa shape index (κ1) is 11.5. The predicted molar refractivity (Wildman–Crippen MR) is 57.4 cm³/mol. The highest BCUT2D eigenvalue weighted by Crippen LogP contribution is 2.15. The van der Waals surface area contributed by atoms with Crippen LogP contribution in [0.15, 0.2) is 24.3 Å². The van der Waals surface area contributed by atoms with Crippen LogP contribution in [-0.2, 0) is 11.2 Å². The number of anilines is 1. The van der Waals surface area contributed by atoms with E-state index in [-0.39, 0.29) is 6.42 Å². The van der Waals surface area contributed by atoms with Gasteiger partial charge < -0.3 is 15.9 Å². The molecule has 1 atom stereocenters. The summed E-state index contributed by atoms with van der Waals surface area (Å²) in [6, 6.07) is 7.16. The lowest BCUT2D eigenvalue weighted by molar-refractivity contribution is -0.157. The summed E-state index contributed by atoms with van der Waals surface area (Å²) in [5.41, 5.74) is 5.48. The van der Waals surface area contributed by atoms with Crippen LogP contribution in [0.1, 0.15) is 18.9 Å². The van der Waals surface area contributed by atoms with Crippen LogP contribution in [-0.4, -0.2) is 21.8 Å². The zero-order chi connectivity index (χ0) is 11.5.